The highest BCUT2D eigenvalue weighted by molar-refractivity contribution is 5.57. The number of hydrogen-bond donors (Lipinski definition) is 1. The molecule has 0 atom stereocenters. The van der Waals surface area contributed by atoms with Crippen LogP contribution in [-0.2, 0) is 11.3 Å². The van der Waals surface area contributed by atoms with E-state index < -0.39 is 0 Å². The third-order valence-corrected chi connectivity index (χ3v) is 2.51. The molecule has 0 aliphatic heterocycles. The fraction of sp³-hybridized carbons (Fsp3) is 0.286. The van der Waals surface area contributed by atoms with Crippen LogP contribution in [0.4, 0.5) is 0 Å². The molecule has 2 rings (SSSR count). The highest BCUT2D eigenvalue weighted by Gasteiger charge is 2.05. The number of rotatable bonds is 5. The standard InChI is InChI=1S/C14H16N2O3/c1-3-19-12-6-4-5-10(7-12)14-15-11(9-18-2)8-13(17)16-14/h4-8H,3,9H2,1-2H3,(H,15,16,17). The summed E-state index contributed by atoms with van der Waals surface area (Å²) in [7, 11) is 1.57. The molecule has 1 heterocycles. The summed E-state index contributed by atoms with van der Waals surface area (Å²) in [5, 5.41) is 0. The van der Waals surface area contributed by atoms with Crippen LogP contribution in [-0.4, -0.2) is 23.7 Å². The van der Waals surface area contributed by atoms with Crippen molar-refractivity contribution in [2.24, 2.45) is 0 Å². The number of nitrogens with zero attached hydrogens (tertiary/aromatic N) is 1. The summed E-state index contributed by atoms with van der Waals surface area (Å²) >= 11 is 0. The predicted octanol–water partition coefficient (Wildman–Crippen LogP) is 1.98. The second-order valence-corrected chi connectivity index (χ2v) is 3.98. The van der Waals surface area contributed by atoms with E-state index in [1.807, 2.05) is 31.2 Å². The van der Waals surface area contributed by atoms with Crippen molar-refractivity contribution in [2.75, 3.05) is 13.7 Å². The van der Waals surface area contributed by atoms with Crippen molar-refractivity contribution in [1.29, 1.82) is 0 Å². The fourth-order valence-electron chi connectivity index (χ4n) is 1.77. The third-order valence-electron chi connectivity index (χ3n) is 2.51. The van der Waals surface area contributed by atoms with Gasteiger partial charge >= 0.3 is 0 Å². The van der Waals surface area contributed by atoms with Crippen LogP contribution in [0.15, 0.2) is 35.1 Å². The van der Waals surface area contributed by atoms with E-state index in [1.165, 1.54) is 6.07 Å². The Hall–Kier alpha value is -2.14. The van der Waals surface area contributed by atoms with Gasteiger partial charge in [0.15, 0.2) is 0 Å². The van der Waals surface area contributed by atoms with Gasteiger partial charge in [0.2, 0.25) is 0 Å². The second kappa shape index (κ2) is 6.15. The Bertz CT molecular complexity index is 608. The molecule has 1 aromatic heterocycles. The summed E-state index contributed by atoms with van der Waals surface area (Å²) in [5.41, 5.74) is 1.21. The maximum absolute atomic E-state index is 11.6. The lowest BCUT2D eigenvalue weighted by molar-refractivity contribution is 0.181. The zero-order valence-corrected chi connectivity index (χ0v) is 11.0. The molecule has 5 heteroatoms. The lowest BCUT2D eigenvalue weighted by atomic mass is 10.2. The molecule has 0 bridgehead atoms. The van der Waals surface area contributed by atoms with Crippen LogP contribution in [0.25, 0.3) is 11.4 Å². The molecule has 0 saturated heterocycles. The summed E-state index contributed by atoms with van der Waals surface area (Å²) in [6, 6.07) is 8.88. The Morgan fingerprint density at radius 1 is 1.32 bits per heavy atom. The van der Waals surface area contributed by atoms with Gasteiger partial charge in [0.05, 0.1) is 18.9 Å². The Balaban J connectivity index is 2.40. The lowest BCUT2D eigenvalue weighted by Gasteiger charge is -2.07. The predicted molar refractivity (Wildman–Crippen MR) is 72.2 cm³/mol. The summed E-state index contributed by atoms with van der Waals surface area (Å²) < 4.78 is 10.4. The molecule has 0 fully saturated rings. The molecule has 1 aromatic carbocycles. The van der Waals surface area contributed by atoms with E-state index >= 15 is 0 Å². The molecule has 19 heavy (non-hydrogen) atoms. The van der Waals surface area contributed by atoms with Crippen molar-refractivity contribution in [1.82, 2.24) is 9.97 Å². The van der Waals surface area contributed by atoms with E-state index in [0.29, 0.717) is 24.7 Å². The largest absolute Gasteiger partial charge is 0.494 e. The number of nitrogens with one attached hydrogen (secondary N) is 1. The summed E-state index contributed by atoms with van der Waals surface area (Å²) in [5.74, 6) is 1.26. The number of methoxy groups -OCH3 is 1. The van der Waals surface area contributed by atoms with E-state index in [4.69, 9.17) is 9.47 Å². The number of aromatic amines is 1. The molecular formula is C14H16N2O3. The summed E-state index contributed by atoms with van der Waals surface area (Å²) in [6.07, 6.45) is 0. The molecule has 0 aliphatic carbocycles. The zero-order chi connectivity index (χ0) is 13.7. The van der Waals surface area contributed by atoms with Gasteiger partial charge in [0.1, 0.15) is 11.6 Å². The normalized spacial score (nSPS) is 10.4. The van der Waals surface area contributed by atoms with Gasteiger partial charge in [-0.25, -0.2) is 4.98 Å². The Kier molecular flexibility index (Phi) is 4.30. The third kappa shape index (κ3) is 3.42. The first-order chi connectivity index (χ1) is 9.22. The highest BCUT2D eigenvalue weighted by atomic mass is 16.5. The maximum Gasteiger partial charge on any atom is 0.251 e. The second-order valence-electron chi connectivity index (χ2n) is 3.98. The average molecular weight is 260 g/mol. The molecule has 0 amide bonds. The first kappa shape index (κ1) is 13.3. The SMILES string of the molecule is CCOc1cccc(-c2nc(COC)cc(=O)[nH]2)c1. The van der Waals surface area contributed by atoms with Crippen molar-refractivity contribution in [3.63, 3.8) is 0 Å². The van der Waals surface area contributed by atoms with Crippen LogP contribution >= 0.6 is 0 Å². The van der Waals surface area contributed by atoms with Crippen LogP contribution in [0.2, 0.25) is 0 Å². The molecule has 0 unspecified atom stereocenters. The minimum Gasteiger partial charge on any atom is -0.494 e. The minimum absolute atomic E-state index is 0.195. The fourth-order valence-corrected chi connectivity index (χ4v) is 1.77. The molecule has 0 radical (unpaired) electrons. The molecule has 0 aliphatic rings. The molecule has 100 valence electrons. The molecule has 0 spiro atoms. The van der Waals surface area contributed by atoms with Gasteiger partial charge in [-0.3, -0.25) is 4.79 Å². The number of hydrogen-bond acceptors (Lipinski definition) is 4. The number of aromatic nitrogens is 2. The first-order valence-corrected chi connectivity index (χ1v) is 6.05. The van der Waals surface area contributed by atoms with Crippen molar-refractivity contribution < 1.29 is 9.47 Å². The molecule has 5 nitrogen and oxygen atoms in total. The van der Waals surface area contributed by atoms with Crippen LogP contribution in [0.3, 0.4) is 0 Å². The number of H-pyrrole nitrogens is 1. The zero-order valence-electron chi connectivity index (χ0n) is 11.0. The maximum atomic E-state index is 11.6. The van der Waals surface area contributed by atoms with E-state index in [1.54, 1.807) is 7.11 Å². The van der Waals surface area contributed by atoms with Gasteiger partial charge in [-0.05, 0) is 19.1 Å². The van der Waals surface area contributed by atoms with Crippen molar-refractivity contribution in [3.05, 3.63) is 46.4 Å². The van der Waals surface area contributed by atoms with E-state index in [-0.39, 0.29) is 5.56 Å². The molecular weight excluding hydrogens is 244 g/mol. The number of benzene rings is 1. The summed E-state index contributed by atoms with van der Waals surface area (Å²) in [4.78, 5) is 18.7. The molecule has 0 saturated carbocycles. The van der Waals surface area contributed by atoms with Crippen LogP contribution in [0, 0.1) is 0 Å². The van der Waals surface area contributed by atoms with Crippen molar-refractivity contribution >= 4 is 0 Å². The lowest BCUT2D eigenvalue weighted by Crippen LogP contribution is -2.10. The van der Waals surface area contributed by atoms with Gasteiger partial charge in [-0.1, -0.05) is 12.1 Å². The molecule has 2 aromatic rings. The van der Waals surface area contributed by atoms with Crippen LogP contribution in [0.1, 0.15) is 12.6 Å². The van der Waals surface area contributed by atoms with Gasteiger partial charge in [0.25, 0.3) is 5.56 Å². The van der Waals surface area contributed by atoms with Crippen LogP contribution < -0.4 is 10.3 Å². The van der Waals surface area contributed by atoms with E-state index in [2.05, 4.69) is 9.97 Å². The highest BCUT2D eigenvalue weighted by Crippen LogP contribution is 2.20. The van der Waals surface area contributed by atoms with E-state index in [0.717, 1.165) is 11.3 Å². The Labute approximate surface area is 111 Å². The van der Waals surface area contributed by atoms with Crippen LogP contribution in [0.5, 0.6) is 5.75 Å². The summed E-state index contributed by atoms with van der Waals surface area (Å²) in [6.45, 7) is 2.82. The Morgan fingerprint density at radius 2 is 2.16 bits per heavy atom. The van der Waals surface area contributed by atoms with Gasteiger partial charge in [-0.15, -0.1) is 0 Å². The van der Waals surface area contributed by atoms with Gasteiger partial charge in [-0.2, -0.15) is 0 Å². The number of ether oxygens (including phenoxy) is 2. The van der Waals surface area contributed by atoms with Gasteiger partial charge in [0, 0.05) is 18.7 Å². The van der Waals surface area contributed by atoms with E-state index in [9.17, 15) is 4.79 Å². The van der Waals surface area contributed by atoms with Crippen molar-refractivity contribution in [3.8, 4) is 17.1 Å². The van der Waals surface area contributed by atoms with Gasteiger partial charge < -0.3 is 14.5 Å². The first-order valence-electron chi connectivity index (χ1n) is 6.05. The Morgan fingerprint density at radius 3 is 2.89 bits per heavy atom. The molecule has 1 N–H and O–H groups in total. The topological polar surface area (TPSA) is 64.2 Å². The van der Waals surface area contributed by atoms with Crippen molar-refractivity contribution in [2.45, 2.75) is 13.5 Å². The quantitative estimate of drug-likeness (QED) is 0.892. The average Bonchev–Trinajstić information content (AvgIpc) is 2.39. The smallest absolute Gasteiger partial charge is 0.251 e. The minimum atomic E-state index is -0.195. The monoisotopic (exact) mass is 260 g/mol.